The van der Waals surface area contributed by atoms with Gasteiger partial charge in [0.25, 0.3) is 0 Å². The van der Waals surface area contributed by atoms with Crippen molar-refractivity contribution in [2.45, 2.75) is 337 Å². The van der Waals surface area contributed by atoms with Crippen molar-refractivity contribution in [3.8, 4) is 0 Å². The molecule has 0 bridgehead atoms. The number of aliphatic hydroxyl groups is 1. The predicted molar refractivity (Wildman–Crippen MR) is 340 cm³/mol. The Bertz CT molecular complexity index is 1700. The third-order valence-electron chi connectivity index (χ3n) is 15.4. The van der Waals surface area contributed by atoms with Crippen LogP contribution in [0.4, 0.5) is 0 Å². The zero-order chi connectivity index (χ0) is 63.2. The molecule has 85 heavy (non-hydrogen) atoms. The van der Waals surface area contributed by atoms with Crippen LogP contribution in [0.5, 0.6) is 0 Å². The molecule has 6 atom stereocenters. The molecule has 0 aromatic carbocycles. The van der Waals surface area contributed by atoms with Crippen molar-refractivity contribution >= 4 is 39.5 Å². The fourth-order valence-corrected chi connectivity index (χ4v) is 11.3. The molecule has 0 spiro atoms. The van der Waals surface area contributed by atoms with Gasteiger partial charge in [0.2, 0.25) is 0 Å². The number of unbranched alkanes of at least 4 members (excludes halogenated alkanes) is 28. The van der Waals surface area contributed by atoms with Gasteiger partial charge in [-0.1, -0.05) is 267 Å². The third-order valence-corrected chi connectivity index (χ3v) is 17.3. The third kappa shape index (κ3) is 59.5. The van der Waals surface area contributed by atoms with E-state index in [0.29, 0.717) is 31.6 Å². The van der Waals surface area contributed by atoms with Crippen LogP contribution in [-0.2, 0) is 65.4 Å². The highest BCUT2D eigenvalue weighted by Gasteiger charge is 2.30. The van der Waals surface area contributed by atoms with E-state index in [-0.39, 0.29) is 25.7 Å². The molecule has 0 heterocycles. The van der Waals surface area contributed by atoms with Gasteiger partial charge in [-0.3, -0.25) is 37.3 Å². The summed E-state index contributed by atoms with van der Waals surface area (Å²) in [5.41, 5.74) is 0. The van der Waals surface area contributed by atoms with Gasteiger partial charge in [0.05, 0.1) is 26.4 Å². The highest BCUT2D eigenvalue weighted by Crippen LogP contribution is 2.45. The van der Waals surface area contributed by atoms with Crippen LogP contribution in [0.15, 0.2) is 0 Å². The van der Waals surface area contributed by atoms with Crippen LogP contribution < -0.4 is 0 Å². The molecule has 0 aliphatic carbocycles. The lowest BCUT2D eigenvalue weighted by Gasteiger charge is -2.21. The molecule has 0 aliphatic rings. The molecule has 17 nitrogen and oxygen atoms in total. The molecule has 0 radical (unpaired) electrons. The van der Waals surface area contributed by atoms with Gasteiger partial charge in [-0.05, 0) is 49.4 Å². The minimum absolute atomic E-state index is 0.104. The van der Waals surface area contributed by atoms with Crippen molar-refractivity contribution < 1.29 is 80.2 Å². The number of ether oxygens (including phenoxy) is 4. The van der Waals surface area contributed by atoms with Gasteiger partial charge in [-0.2, -0.15) is 0 Å². The van der Waals surface area contributed by atoms with Crippen molar-refractivity contribution in [3.63, 3.8) is 0 Å². The summed E-state index contributed by atoms with van der Waals surface area (Å²) in [6.07, 6.45) is 36.4. The Balaban J connectivity index is 5.25. The van der Waals surface area contributed by atoms with Gasteiger partial charge in [0.15, 0.2) is 12.2 Å². The molecule has 0 fully saturated rings. The number of rotatable bonds is 63. The number of hydrogen-bond donors (Lipinski definition) is 3. The number of phosphoric ester groups is 2. The van der Waals surface area contributed by atoms with Gasteiger partial charge in [-0.15, -0.1) is 0 Å². The quantitative estimate of drug-likeness (QED) is 0.0222. The highest BCUT2D eigenvalue weighted by atomic mass is 31.2. The molecule has 0 saturated carbocycles. The van der Waals surface area contributed by atoms with Crippen LogP contribution in [0.3, 0.4) is 0 Å². The van der Waals surface area contributed by atoms with Crippen LogP contribution >= 0.6 is 15.6 Å². The van der Waals surface area contributed by atoms with Crippen molar-refractivity contribution in [2.24, 2.45) is 23.7 Å². The van der Waals surface area contributed by atoms with Crippen molar-refractivity contribution in [1.82, 2.24) is 0 Å². The summed E-state index contributed by atoms with van der Waals surface area (Å²) in [6, 6.07) is 0. The number of esters is 4. The monoisotopic (exact) mass is 1250 g/mol. The van der Waals surface area contributed by atoms with E-state index in [1.165, 1.54) is 109 Å². The number of carbonyl (C=O) groups is 4. The van der Waals surface area contributed by atoms with E-state index in [1.807, 2.05) is 0 Å². The number of carbonyl (C=O) groups excluding carboxylic acids is 4. The Hall–Kier alpha value is -1.94. The molecular formula is C66H128O17P2. The Labute approximate surface area is 517 Å². The average Bonchev–Trinajstić information content (AvgIpc) is 3.63. The van der Waals surface area contributed by atoms with Gasteiger partial charge in [0.1, 0.15) is 19.3 Å². The molecule has 0 aliphatic heterocycles. The normalized spacial score (nSPS) is 14.7. The lowest BCUT2D eigenvalue weighted by atomic mass is 10.00. The van der Waals surface area contributed by atoms with Crippen LogP contribution in [0, 0.1) is 23.7 Å². The van der Waals surface area contributed by atoms with Crippen LogP contribution in [0.25, 0.3) is 0 Å². The van der Waals surface area contributed by atoms with E-state index in [1.54, 1.807) is 0 Å². The lowest BCUT2D eigenvalue weighted by molar-refractivity contribution is -0.161. The van der Waals surface area contributed by atoms with Crippen LogP contribution in [0.2, 0.25) is 0 Å². The van der Waals surface area contributed by atoms with E-state index in [9.17, 15) is 43.2 Å². The Morgan fingerprint density at radius 1 is 0.329 bits per heavy atom. The standard InChI is InChI=1S/C66H128O17P2/c1-9-59(8)45-37-29-23-25-31-39-47-64(69)77-53-62(83-66(71)49-41-33-21-17-13-15-19-27-35-43-57(4)5)55-81-85(74,75)79-51-60(67)50-78-84(72,73)80-54-61(52-76-63(68)46-38-30-24-22-28-36-44-58(6)7)82-65(70)48-40-32-20-16-12-10-11-14-18-26-34-42-56(2)3/h56-62,67H,9-55H2,1-8H3,(H,72,73)(H,74,75)/t59?,60-,61+,62+/m0/s1. The minimum Gasteiger partial charge on any atom is -0.462 e. The fourth-order valence-electron chi connectivity index (χ4n) is 9.75. The Morgan fingerprint density at radius 3 is 0.835 bits per heavy atom. The molecule has 0 saturated heterocycles. The predicted octanol–water partition coefficient (Wildman–Crippen LogP) is 18.1. The summed E-state index contributed by atoms with van der Waals surface area (Å²) in [5.74, 6) is 0.774. The SMILES string of the molecule is CCC(C)CCCCCCCCC(=O)OC[C@H](COP(=O)(O)OC[C@@H](O)COP(=O)(O)OC[C@@H](COC(=O)CCCCCCCCC(C)C)OC(=O)CCCCCCCCCCCCCC(C)C)OC(=O)CCCCCCCCCCCC(C)C. The first-order chi connectivity index (χ1) is 40.6. The molecule has 504 valence electrons. The van der Waals surface area contributed by atoms with Gasteiger partial charge < -0.3 is 33.8 Å². The summed E-state index contributed by atoms with van der Waals surface area (Å²) >= 11 is 0. The Morgan fingerprint density at radius 2 is 0.565 bits per heavy atom. The second-order valence-corrected chi connectivity index (χ2v) is 28.4. The van der Waals surface area contributed by atoms with E-state index < -0.39 is 97.5 Å². The highest BCUT2D eigenvalue weighted by molar-refractivity contribution is 7.47. The molecular weight excluding hydrogens is 1130 g/mol. The largest absolute Gasteiger partial charge is 0.472 e. The summed E-state index contributed by atoms with van der Waals surface area (Å²) in [4.78, 5) is 72.3. The van der Waals surface area contributed by atoms with E-state index in [0.717, 1.165) is 120 Å². The van der Waals surface area contributed by atoms with E-state index in [4.69, 9.17) is 37.0 Å². The van der Waals surface area contributed by atoms with Crippen molar-refractivity contribution in [1.29, 1.82) is 0 Å². The van der Waals surface area contributed by atoms with Gasteiger partial charge in [0, 0.05) is 25.7 Å². The average molecular weight is 1260 g/mol. The minimum atomic E-state index is -4.95. The molecule has 19 heteroatoms. The summed E-state index contributed by atoms with van der Waals surface area (Å²) in [5, 5.41) is 10.5. The fraction of sp³-hybridized carbons (Fsp3) is 0.939. The molecule has 0 aromatic heterocycles. The summed E-state index contributed by atoms with van der Waals surface area (Å²) in [6.45, 7) is 14.0. The molecule has 0 amide bonds. The van der Waals surface area contributed by atoms with Crippen LogP contribution in [0.1, 0.15) is 319 Å². The maximum atomic E-state index is 13.0. The molecule has 0 aromatic rings. The first-order valence-electron chi connectivity index (χ1n) is 34.2. The second-order valence-electron chi connectivity index (χ2n) is 25.5. The second kappa shape index (κ2) is 56.1. The van der Waals surface area contributed by atoms with Crippen molar-refractivity contribution in [3.05, 3.63) is 0 Å². The zero-order valence-corrected chi connectivity index (χ0v) is 57.0. The van der Waals surface area contributed by atoms with Gasteiger partial charge in [-0.25, -0.2) is 9.13 Å². The van der Waals surface area contributed by atoms with E-state index in [2.05, 4.69) is 55.4 Å². The topological polar surface area (TPSA) is 237 Å². The number of hydrogen-bond acceptors (Lipinski definition) is 15. The maximum absolute atomic E-state index is 13.0. The zero-order valence-electron chi connectivity index (χ0n) is 55.2. The van der Waals surface area contributed by atoms with Crippen molar-refractivity contribution in [2.75, 3.05) is 39.6 Å². The lowest BCUT2D eigenvalue weighted by Crippen LogP contribution is -2.30. The summed E-state index contributed by atoms with van der Waals surface area (Å²) in [7, 11) is -9.89. The molecule has 0 rings (SSSR count). The Kier molecular flexibility index (Phi) is 54.8. The number of aliphatic hydroxyl groups excluding tert-OH is 1. The molecule has 3 unspecified atom stereocenters. The number of phosphoric acid groups is 2. The summed E-state index contributed by atoms with van der Waals surface area (Å²) < 4.78 is 68.1. The first kappa shape index (κ1) is 83.1. The first-order valence-corrected chi connectivity index (χ1v) is 37.2. The van der Waals surface area contributed by atoms with Crippen LogP contribution in [-0.4, -0.2) is 96.7 Å². The maximum Gasteiger partial charge on any atom is 0.472 e. The molecule has 3 N–H and O–H groups in total. The smallest absolute Gasteiger partial charge is 0.462 e. The van der Waals surface area contributed by atoms with E-state index >= 15 is 0 Å². The van der Waals surface area contributed by atoms with Gasteiger partial charge >= 0.3 is 39.5 Å².